The Morgan fingerprint density at radius 1 is 1.23 bits per heavy atom. The predicted octanol–water partition coefficient (Wildman–Crippen LogP) is 4.79. The lowest BCUT2D eigenvalue weighted by atomic mass is 10.2. The molecule has 0 heterocycles. The quantitative estimate of drug-likeness (QED) is 0.366. The largest absolute Gasteiger partial charge is 0.496 e. The average molecular weight is 420 g/mol. The van der Waals surface area contributed by atoms with Crippen LogP contribution in [0.4, 0.5) is 10.5 Å². The van der Waals surface area contributed by atoms with Gasteiger partial charge < -0.3 is 14.8 Å². The first kappa shape index (κ1) is 19.8. The van der Waals surface area contributed by atoms with Gasteiger partial charge in [-0.05, 0) is 70.4 Å². The first-order valence-corrected chi connectivity index (χ1v) is 9.08. The maximum atomic E-state index is 11.9. The van der Waals surface area contributed by atoms with Crippen LogP contribution in [0.25, 0.3) is 0 Å². The molecule has 0 spiro atoms. The fourth-order valence-electron chi connectivity index (χ4n) is 2.06. The van der Waals surface area contributed by atoms with Crippen LogP contribution in [0.15, 0.2) is 52.0 Å². The van der Waals surface area contributed by atoms with Gasteiger partial charge in [-0.15, -0.1) is 0 Å². The van der Waals surface area contributed by atoms with Crippen molar-refractivity contribution in [2.75, 3.05) is 19.0 Å². The maximum absolute atomic E-state index is 11.9. The number of anilines is 1. The highest BCUT2D eigenvalue weighted by molar-refractivity contribution is 9.10. The highest BCUT2D eigenvalue weighted by Gasteiger charge is 2.02. The van der Waals surface area contributed by atoms with Crippen LogP contribution < -0.4 is 20.2 Å². The number of nitrogens with zero attached hydrogens (tertiary/aromatic N) is 1. The molecule has 0 aliphatic rings. The van der Waals surface area contributed by atoms with Gasteiger partial charge in [-0.3, -0.25) is 0 Å². The molecule has 6 nitrogen and oxygen atoms in total. The standard InChI is InChI=1S/C19H22BrN3O3/c1-3-4-11-26-16-8-6-15(7-9-16)22-19(24)23-21-13-14-5-10-18(25-2)17(20)12-14/h5-10,12-13H,3-4,11H2,1-2H3,(H2,22,23,24). The van der Waals surface area contributed by atoms with Crippen LogP contribution in [-0.2, 0) is 0 Å². The van der Waals surface area contributed by atoms with Gasteiger partial charge in [0.1, 0.15) is 11.5 Å². The Balaban J connectivity index is 1.82. The molecule has 0 fully saturated rings. The minimum absolute atomic E-state index is 0.423. The molecule has 2 rings (SSSR count). The van der Waals surface area contributed by atoms with Crippen molar-refractivity contribution in [3.05, 3.63) is 52.5 Å². The summed E-state index contributed by atoms with van der Waals surface area (Å²) in [5.74, 6) is 1.52. The van der Waals surface area contributed by atoms with E-state index in [-0.39, 0.29) is 0 Å². The van der Waals surface area contributed by atoms with Crippen LogP contribution in [0.3, 0.4) is 0 Å². The number of methoxy groups -OCH3 is 1. The van der Waals surface area contributed by atoms with Gasteiger partial charge in [0, 0.05) is 5.69 Å². The minimum Gasteiger partial charge on any atom is -0.496 e. The van der Waals surface area contributed by atoms with E-state index in [1.807, 2.05) is 30.3 Å². The average Bonchev–Trinajstić information content (AvgIpc) is 2.63. The van der Waals surface area contributed by atoms with Crippen LogP contribution >= 0.6 is 15.9 Å². The first-order chi connectivity index (χ1) is 12.6. The molecule has 0 saturated carbocycles. The summed E-state index contributed by atoms with van der Waals surface area (Å²) in [4.78, 5) is 11.9. The smallest absolute Gasteiger partial charge is 0.339 e. The monoisotopic (exact) mass is 419 g/mol. The van der Waals surface area contributed by atoms with E-state index in [2.05, 4.69) is 38.7 Å². The number of benzene rings is 2. The third-order valence-corrected chi connectivity index (χ3v) is 4.05. The summed E-state index contributed by atoms with van der Waals surface area (Å²) in [6.07, 6.45) is 3.66. The lowest BCUT2D eigenvalue weighted by Gasteiger charge is -2.07. The zero-order valence-corrected chi connectivity index (χ0v) is 16.4. The zero-order chi connectivity index (χ0) is 18.8. The van der Waals surface area contributed by atoms with E-state index < -0.39 is 6.03 Å². The molecule has 2 aromatic rings. The van der Waals surface area contributed by atoms with Crippen molar-refractivity contribution >= 4 is 33.9 Å². The predicted molar refractivity (Wildman–Crippen MR) is 107 cm³/mol. The molecule has 0 aromatic heterocycles. The third kappa shape index (κ3) is 6.40. The van der Waals surface area contributed by atoms with Crippen molar-refractivity contribution < 1.29 is 14.3 Å². The van der Waals surface area contributed by atoms with E-state index in [0.717, 1.165) is 34.4 Å². The summed E-state index contributed by atoms with van der Waals surface area (Å²) >= 11 is 3.40. The molecular weight excluding hydrogens is 398 g/mol. The Bertz CT molecular complexity index is 748. The number of hydrogen-bond donors (Lipinski definition) is 2. The second-order valence-electron chi connectivity index (χ2n) is 5.44. The normalized spacial score (nSPS) is 10.6. The third-order valence-electron chi connectivity index (χ3n) is 3.43. The molecule has 2 amide bonds. The van der Waals surface area contributed by atoms with Crippen molar-refractivity contribution in [3.63, 3.8) is 0 Å². The summed E-state index contributed by atoms with van der Waals surface area (Å²) in [6.45, 7) is 2.81. The molecule has 0 unspecified atom stereocenters. The van der Waals surface area contributed by atoms with Crippen LogP contribution in [0, 0.1) is 0 Å². The van der Waals surface area contributed by atoms with E-state index in [1.54, 1.807) is 25.5 Å². The second-order valence-corrected chi connectivity index (χ2v) is 6.30. The van der Waals surface area contributed by atoms with Crippen molar-refractivity contribution in [1.29, 1.82) is 0 Å². The first-order valence-electron chi connectivity index (χ1n) is 8.29. The molecule has 2 aromatic carbocycles. The molecule has 138 valence electrons. The molecule has 0 saturated heterocycles. The van der Waals surface area contributed by atoms with Gasteiger partial charge in [0.05, 0.1) is 24.4 Å². The molecule has 0 atom stereocenters. The Labute approximate surface area is 161 Å². The lowest BCUT2D eigenvalue weighted by molar-refractivity contribution is 0.252. The van der Waals surface area contributed by atoms with Crippen LogP contribution in [0.5, 0.6) is 11.5 Å². The molecule has 0 bridgehead atoms. The minimum atomic E-state index is -0.423. The fraction of sp³-hybridized carbons (Fsp3) is 0.263. The van der Waals surface area contributed by atoms with E-state index >= 15 is 0 Å². The number of unbranched alkanes of at least 4 members (excludes halogenated alkanes) is 1. The second kappa shape index (κ2) is 10.5. The fourth-order valence-corrected chi connectivity index (χ4v) is 2.61. The molecule has 26 heavy (non-hydrogen) atoms. The zero-order valence-electron chi connectivity index (χ0n) is 14.8. The summed E-state index contributed by atoms with van der Waals surface area (Å²) in [6, 6.07) is 12.3. The molecular formula is C19H22BrN3O3. The van der Waals surface area contributed by atoms with E-state index in [1.165, 1.54) is 0 Å². The summed E-state index contributed by atoms with van der Waals surface area (Å²) < 4.78 is 11.6. The van der Waals surface area contributed by atoms with Crippen molar-refractivity contribution in [1.82, 2.24) is 5.43 Å². The molecule has 0 aliphatic carbocycles. The van der Waals surface area contributed by atoms with Crippen LogP contribution in [0.1, 0.15) is 25.3 Å². The number of carbonyl (C=O) groups excluding carboxylic acids is 1. The highest BCUT2D eigenvalue weighted by atomic mass is 79.9. The van der Waals surface area contributed by atoms with Gasteiger partial charge in [0.2, 0.25) is 0 Å². The maximum Gasteiger partial charge on any atom is 0.339 e. The molecule has 7 heteroatoms. The topological polar surface area (TPSA) is 72.0 Å². The Hall–Kier alpha value is -2.54. The number of rotatable bonds is 8. The number of halogens is 1. The number of ether oxygens (including phenoxy) is 2. The number of carbonyl (C=O) groups is 1. The Morgan fingerprint density at radius 2 is 2.00 bits per heavy atom. The SMILES string of the molecule is CCCCOc1ccc(NC(=O)NN=Cc2ccc(OC)c(Br)c2)cc1. The lowest BCUT2D eigenvalue weighted by Crippen LogP contribution is -2.24. The van der Waals surface area contributed by atoms with Crippen molar-refractivity contribution in [2.24, 2.45) is 5.10 Å². The summed E-state index contributed by atoms with van der Waals surface area (Å²) in [5.41, 5.74) is 3.91. The van der Waals surface area contributed by atoms with Gasteiger partial charge in [0.25, 0.3) is 0 Å². The molecule has 0 aliphatic heterocycles. The molecule has 0 radical (unpaired) electrons. The van der Waals surface area contributed by atoms with Crippen LogP contribution in [-0.4, -0.2) is 26.0 Å². The van der Waals surface area contributed by atoms with Crippen LogP contribution in [0.2, 0.25) is 0 Å². The van der Waals surface area contributed by atoms with Gasteiger partial charge in [0.15, 0.2) is 0 Å². The van der Waals surface area contributed by atoms with Crippen molar-refractivity contribution in [3.8, 4) is 11.5 Å². The van der Waals surface area contributed by atoms with Gasteiger partial charge in [-0.2, -0.15) is 5.10 Å². The van der Waals surface area contributed by atoms with Gasteiger partial charge in [-0.1, -0.05) is 13.3 Å². The number of hydrogen-bond acceptors (Lipinski definition) is 4. The number of nitrogens with one attached hydrogen (secondary N) is 2. The van der Waals surface area contributed by atoms with E-state index in [4.69, 9.17) is 9.47 Å². The number of hydrazone groups is 1. The summed E-state index contributed by atoms with van der Waals surface area (Å²) in [5, 5.41) is 6.63. The van der Waals surface area contributed by atoms with E-state index in [9.17, 15) is 4.79 Å². The number of amides is 2. The van der Waals surface area contributed by atoms with Gasteiger partial charge >= 0.3 is 6.03 Å². The summed E-state index contributed by atoms with van der Waals surface area (Å²) in [7, 11) is 1.60. The highest BCUT2D eigenvalue weighted by Crippen LogP contribution is 2.24. The molecule has 2 N–H and O–H groups in total. The van der Waals surface area contributed by atoms with E-state index in [0.29, 0.717) is 12.3 Å². The number of urea groups is 1. The van der Waals surface area contributed by atoms with Crippen molar-refractivity contribution in [2.45, 2.75) is 19.8 Å². The Morgan fingerprint density at radius 3 is 2.65 bits per heavy atom. The Kier molecular flexibility index (Phi) is 7.95. The van der Waals surface area contributed by atoms with Gasteiger partial charge in [-0.25, -0.2) is 10.2 Å².